The number of hydrogen-bond acceptors (Lipinski definition) is 4. The maximum absolute atomic E-state index is 12.8. The number of aromatic nitrogens is 4. The minimum Gasteiger partial charge on any atom is -0.347 e. The standard InChI is InChI=1S/C24H27N5O2S/c30-32(31,15-11-19-4-2-1-3-5-19)29-13-8-20(9-14-29)18-28-12-10-22-16-21(6-7-24(22)28)23-17-25-27-26-23/h1-7,10,12,16-17,20H,8-9,11,13-15,18H2,(H,25,26,27). The maximum Gasteiger partial charge on any atom is 0.214 e. The summed E-state index contributed by atoms with van der Waals surface area (Å²) in [5, 5.41) is 11.7. The molecule has 0 amide bonds. The van der Waals surface area contributed by atoms with Gasteiger partial charge in [-0.3, -0.25) is 5.10 Å². The highest BCUT2D eigenvalue weighted by atomic mass is 32.2. The van der Waals surface area contributed by atoms with Gasteiger partial charge in [-0.25, -0.2) is 12.7 Å². The zero-order valence-corrected chi connectivity index (χ0v) is 18.7. The molecule has 5 rings (SSSR count). The number of piperidine rings is 1. The van der Waals surface area contributed by atoms with Crippen LogP contribution in [0, 0.1) is 5.92 Å². The Kier molecular flexibility index (Phi) is 5.80. The molecule has 7 nitrogen and oxygen atoms in total. The molecule has 8 heteroatoms. The molecule has 32 heavy (non-hydrogen) atoms. The summed E-state index contributed by atoms with van der Waals surface area (Å²) in [5.74, 6) is 0.653. The second-order valence-corrected chi connectivity index (χ2v) is 10.6. The van der Waals surface area contributed by atoms with Crippen LogP contribution in [0.3, 0.4) is 0 Å². The Bertz CT molecular complexity index is 1270. The topological polar surface area (TPSA) is 83.9 Å². The lowest BCUT2D eigenvalue weighted by atomic mass is 9.98. The SMILES string of the molecule is O=S(=O)(CCc1ccccc1)N1CCC(Cn2ccc3cc(-c4cnn[nH]4)ccc32)CC1. The minimum atomic E-state index is -3.21. The van der Waals surface area contributed by atoms with Crippen LogP contribution in [0.4, 0.5) is 0 Å². The van der Waals surface area contributed by atoms with Gasteiger partial charge in [-0.15, -0.1) is 5.10 Å². The van der Waals surface area contributed by atoms with Gasteiger partial charge in [-0.1, -0.05) is 41.6 Å². The average molecular weight is 450 g/mol. The van der Waals surface area contributed by atoms with E-state index in [9.17, 15) is 8.42 Å². The first-order valence-electron chi connectivity index (χ1n) is 11.1. The number of aryl methyl sites for hydroxylation is 1. The average Bonchev–Trinajstić information content (AvgIpc) is 3.49. The van der Waals surface area contributed by atoms with E-state index in [2.05, 4.69) is 50.4 Å². The number of hydrogen-bond donors (Lipinski definition) is 1. The van der Waals surface area contributed by atoms with Crippen molar-refractivity contribution in [3.05, 3.63) is 72.6 Å². The van der Waals surface area contributed by atoms with Crippen molar-refractivity contribution in [2.75, 3.05) is 18.8 Å². The Morgan fingerprint density at radius 2 is 1.84 bits per heavy atom. The molecule has 4 aromatic rings. The normalized spacial score (nSPS) is 16.0. The largest absolute Gasteiger partial charge is 0.347 e. The summed E-state index contributed by atoms with van der Waals surface area (Å²) in [4.78, 5) is 0. The van der Waals surface area contributed by atoms with E-state index in [0.29, 0.717) is 25.4 Å². The fourth-order valence-corrected chi connectivity index (χ4v) is 6.05. The summed E-state index contributed by atoms with van der Waals surface area (Å²) in [5.41, 5.74) is 4.23. The summed E-state index contributed by atoms with van der Waals surface area (Å²) < 4.78 is 29.6. The van der Waals surface area contributed by atoms with Gasteiger partial charge in [0.05, 0.1) is 17.6 Å². The van der Waals surface area contributed by atoms with Crippen LogP contribution in [0.1, 0.15) is 18.4 Å². The lowest BCUT2D eigenvalue weighted by molar-refractivity contribution is 0.255. The molecule has 2 aromatic heterocycles. The van der Waals surface area contributed by atoms with Gasteiger partial charge in [0.2, 0.25) is 10.0 Å². The van der Waals surface area contributed by atoms with Crippen molar-refractivity contribution >= 4 is 20.9 Å². The highest BCUT2D eigenvalue weighted by Crippen LogP contribution is 2.27. The number of aromatic amines is 1. The molecule has 166 valence electrons. The van der Waals surface area contributed by atoms with E-state index in [1.807, 2.05) is 30.3 Å². The number of benzene rings is 2. The second kappa shape index (κ2) is 8.88. The summed E-state index contributed by atoms with van der Waals surface area (Å²) in [7, 11) is -3.21. The summed E-state index contributed by atoms with van der Waals surface area (Å²) in [6, 6.07) is 18.3. The minimum absolute atomic E-state index is 0.179. The molecule has 0 saturated carbocycles. The molecule has 0 aliphatic carbocycles. The van der Waals surface area contributed by atoms with Crippen molar-refractivity contribution in [3.8, 4) is 11.3 Å². The molecule has 0 atom stereocenters. The van der Waals surface area contributed by atoms with Crippen molar-refractivity contribution in [2.45, 2.75) is 25.8 Å². The quantitative estimate of drug-likeness (QED) is 0.466. The maximum atomic E-state index is 12.8. The van der Waals surface area contributed by atoms with E-state index in [-0.39, 0.29) is 5.75 Å². The third-order valence-electron chi connectivity index (χ3n) is 6.41. The number of nitrogens with zero attached hydrogens (tertiary/aromatic N) is 4. The van der Waals surface area contributed by atoms with Gasteiger partial charge in [-0.05, 0) is 48.9 Å². The fourth-order valence-electron chi connectivity index (χ4n) is 4.53. The van der Waals surface area contributed by atoms with Gasteiger partial charge < -0.3 is 4.57 Å². The molecule has 3 heterocycles. The highest BCUT2D eigenvalue weighted by molar-refractivity contribution is 7.89. The molecule has 0 radical (unpaired) electrons. The number of H-pyrrole nitrogens is 1. The van der Waals surface area contributed by atoms with Gasteiger partial charge in [0, 0.05) is 42.3 Å². The van der Waals surface area contributed by atoms with E-state index in [4.69, 9.17) is 0 Å². The van der Waals surface area contributed by atoms with Crippen LogP contribution in [-0.2, 0) is 23.0 Å². The van der Waals surface area contributed by atoms with Crippen molar-refractivity contribution in [2.24, 2.45) is 5.92 Å². The van der Waals surface area contributed by atoms with Gasteiger partial charge in [0.25, 0.3) is 0 Å². The molecule has 1 fully saturated rings. The molecule has 0 bridgehead atoms. The second-order valence-electron chi connectivity index (χ2n) is 8.51. The third kappa shape index (κ3) is 4.47. The molecule has 1 aliphatic heterocycles. The number of fused-ring (bicyclic) bond motifs is 1. The van der Waals surface area contributed by atoms with Crippen molar-refractivity contribution in [1.82, 2.24) is 24.3 Å². The van der Waals surface area contributed by atoms with Crippen LogP contribution in [0.15, 0.2) is 67.0 Å². The van der Waals surface area contributed by atoms with Crippen LogP contribution in [0.25, 0.3) is 22.2 Å². The van der Waals surface area contributed by atoms with Gasteiger partial charge >= 0.3 is 0 Å². The van der Waals surface area contributed by atoms with Gasteiger partial charge in [0.1, 0.15) is 0 Å². The van der Waals surface area contributed by atoms with E-state index < -0.39 is 10.0 Å². The zero-order chi connectivity index (χ0) is 22.0. The Morgan fingerprint density at radius 1 is 1.03 bits per heavy atom. The summed E-state index contributed by atoms with van der Waals surface area (Å²) in [6.07, 6.45) is 6.20. The van der Waals surface area contributed by atoms with E-state index in [1.54, 1.807) is 10.5 Å². The number of sulfonamides is 1. The molecule has 2 aromatic carbocycles. The molecule has 1 aliphatic rings. The van der Waals surface area contributed by atoms with Crippen molar-refractivity contribution in [3.63, 3.8) is 0 Å². The molecular weight excluding hydrogens is 422 g/mol. The Balaban J connectivity index is 1.19. The first kappa shape index (κ1) is 20.9. The lowest BCUT2D eigenvalue weighted by Gasteiger charge is -2.31. The first-order chi connectivity index (χ1) is 15.6. The summed E-state index contributed by atoms with van der Waals surface area (Å²) in [6.45, 7) is 2.13. The van der Waals surface area contributed by atoms with E-state index in [1.165, 1.54) is 10.9 Å². The monoisotopic (exact) mass is 449 g/mol. The van der Waals surface area contributed by atoms with Crippen LogP contribution in [0.2, 0.25) is 0 Å². The van der Waals surface area contributed by atoms with Crippen molar-refractivity contribution < 1.29 is 8.42 Å². The fraction of sp³-hybridized carbons (Fsp3) is 0.333. The van der Waals surface area contributed by atoms with Crippen LogP contribution < -0.4 is 0 Å². The zero-order valence-electron chi connectivity index (χ0n) is 17.9. The Hall–Kier alpha value is -2.97. The van der Waals surface area contributed by atoms with Crippen LogP contribution >= 0.6 is 0 Å². The van der Waals surface area contributed by atoms with Crippen LogP contribution in [0.5, 0.6) is 0 Å². The Morgan fingerprint density at radius 3 is 2.59 bits per heavy atom. The van der Waals surface area contributed by atoms with Gasteiger partial charge in [-0.2, -0.15) is 0 Å². The lowest BCUT2D eigenvalue weighted by Crippen LogP contribution is -2.40. The smallest absolute Gasteiger partial charge is 0.214 e. The molecule has 0 spiro atoms. The predicted molar refractivity (Wildman–Crippen MR) is 126 cm³/mol. The number of rotatable bonds is 7. The summed E-state index contributed by atoms with van der Waals surface area (Å²) >= 11 is 0. The molecule has 1 saturated heterocycles. The predicted octanol–water partition coefficient (Wildman–Crippen LogP) is 3.71. The Labute approximate surface area is 188 Å². The van der Waals surface area contributed by atoms with E-state index in [0.717, 1.165) is 36.2 Å². The van der Waals surface area contributed by atoms with Crippen LogP contribution in [-0.4, -0.2) is 51.5 Å². The molecular formula is C24H27N5O2S. The van der Waals surface area contributed by atoms with Crippen molar-refractivity contribution in [1.29, 1.82) is 0 Å². The first-order valence-corrected chi connectivity index (χ1v) is 12.7. The third-order valence-corrected chi connectivity index (χ3v) is 8.28. The molecule has 1 N–H and O–H groups in total. The van der Waals surface area contributed by atoms with E-state index >= 15 is 0 Å². The van der Waals surface area contributed by atoms with Gasteiger partial charge in [0.15, 0.2) is 0 Å². The number of nitrogens with one attached hydrogen (secondary N) is 1. The highest BCUT2D eigenvalue weighted by Gasteiger charge is 2.28. The molecule has 0 unspecified atom stereocenters.